The van der Waals surface area contributed by atoms with Gasteiger partial charge in [0.1, 0.15) is 10.7 Å². The van der Waals surface area contributed by atoms with Crippen molar-refractivity contribution < 1.29 is 18.9 Å². The van der Waals surface area contributed by atoms with Gasteiger partial charge in [-0.05, 0) is 45.7 Å². The topological polar surface area (TPSA) is 149 Å². The summed E-state index contributed by atoms with van der Waals surface area (Å²) in [7, 11) is 0. The Morgan fingerprint density at radius 2 is 1.82 bits per heavy atom. The summed E-state index contributed by atoms with van der Waals surface area (Å²) in [6.07, 6.45) is 2.20. The Morgan fingerprint density at radius 1 is 1.21 bits per heavy atom. The van der Waals surface area contributed by atoms with Crippen molar-refractivity contribution >= 4 is 46.1 Å². The predicted molar refractivity (Wildman–Crippen MR) is 130 cm³/mol. The summed E-state index contributed by atoms with van der Waals surface area (Å²) in [5.41, 5.74) is 12.5. The van der Waals surface area contributed by atoms with Crippen LogP contribution in [-0.4, -0.2) is 52.3 Å². The van der Waals surface area contributed by atoms with Crippen molar-refractivity contribution in [2.75, 3.05) is 23.7 Å². The number of likely N-dealkylation sites (tertiary alicyclic amines) is 1. The first kappa shape index (κ1) is 24.9. The van der Waals surface area contributed by atoms with Gasteiger partial charge in [-0.1, -0.05) is 34.2 Å². The number of nitrogens with two attached hydrogens (primary N) is 2. The van der Waals surface area contributed by atoms with Gasteiger partial charge in [0.05, 0.1) is 0 Å². The van der Waals surface area contributed by atoms with Gasteiger partial charge >= 0.3 is 0 Å². The van der Waals surface area contributed by atoms with E-state index in [4.69, 9.17) is 15.1 Å². The first-order chi connectivity index (χ1) is 16.3. The van der Waals surface area contributed by atoms with E-state index in [0.717, 1.165) is 24.1 Å². The first-order valence-electron chi connectivity index (χ1n) is 10.8. The summed E-state index contributed by atoms with van der Waals surface area (Å²) < 4.78 is 5.19. The lowest BCUT2D eigenvalue weighted by atomic mass is 10.2. The number of ketones is 1. The molecule has 11 heteroatoms. The van der Waals surface area contributed by atoms with Crippen LogP contribution in [0.5, 0.6) is 0 Å². The molecule has 3 aromatic rings. The normalized spacial score (nSPS) is 12.9. The second-order valence-electron chi connectivity index (χ2n) is 8.05. The number of hydrogen-bond acceptors (Lipinski definition) is 9. The number of primary amides is 1. The van der Waals surface area contributed by atoms with Crippen molar-refractivity contribution in [2.45, 2.75) is 39.7 Å². The largest absolute Gasteiger partial charge is 0.382 e. The highest BCUT2D eigenvalue weighted by Gasteiger charge is 2.28. The van der Waals surface area contributed by atoms with Crippen molar-refractivity contribution in [3.05, 3.63) is 52.2 Å². The maximum Gasteiger partial charge on any atom is 0.276 e. The Kier molecular flexibility index (Phi) is 8.00. The summed E-state index contributed by atoms with van der Waals surface area (Å²) in [5.74, 6) is -0.534. The smallest absolute Gasteiger partial charge is 0.276 e. The van der Waals surface area contributed by atoms with E-state index in [9.17, 15) is 9.59 Å². The molecule has 0 atom stereocenters. The minimum absolute atomic E-state index is 0.0177. The van der Waals surface area contributed by atoms with E-state index >= 15 is 0 Å². The lowest BCUT2D eigenvalue weighted by Gasteiger charge is -2.26. The van der Waals surface area contributed by atoms with E-state index in [1.165, 1.54) is 17.4 Å². The van der Waals surface area contributed by atoms with Crippen LogP contribution in [0.15, 0.2) is 34.9 Å². The zero-order valence-electron chi connectivity index (χ0n) is 19.4. The maximum absolute atomic E-state index is 13.0. The fraction of sp³-hybridized carbons (Fsp3) is 0.348. The SMILES string of the molecule is Cc1ccc(N(c2nc(N)c(C(=O)c3cc(C(=O)N4CCCC4)no3)s2)C(C)C)cc1.NC=O. The monoisotopic (exact) mass is 484 g/mol. The number of amides is 2. The lowest BCUT2D eigenvalue weighted by molar-refractivity contribution is -0.106. The highest BCUT2D eigenvalue weighted by atomic mass is 32.1. The number of carbonyl (C=O) groups excluding carboxylic acids is 3. The second-order valence-corrected chi connectivity index (χ2v) is 9.03. The Morgan fingerprint density at radius 3 is 2.41 bits per heavy atom. The van der Waals surface area contributed by atoms with E-state index < -0.39 is 5.78 Å². The molecule has 1 aliphatic heterocycles. The van der Waals surface area contributed by atoms with Gasteiger partial charge in [-0.2, -0.15) is 0 Å². The third-order valence-corrected chi connectivity index (χ3v) is 6.30. The van der Waals surface area contributed by atoms with Gasteiger partial charge in [0, 0.05) is 30.9 Å². The highest BCUT2D eigenvalue weighted by molar-refractivity contribution is 7.18. The molecule has 10 nitrogen and oxygen atoms in total. The minimum Gasteiger partial charge on any atom is -0.382 e. The van der Waals surface area contributed by atoms with Crippen LogP contribution in [0.25, 0.3) is 0 Å². The predicted octanol–water partition coefficient (Wildman–Crippen LogP) is 3.14. The average Bonchev–Trinajstić information content (AvgIpc) is 3.56. The van der Waals surface area contributed by atoms with Crippen LogP contribution in [0.4, 0.5) is 16.6 Å². The van der Waals surface area contributed by atoms with Gasteiger partial charge in [-0.3, -0.25) is 14.4 Å². The molecule has 0 aliphatic carbocycles. The number of thiazole rings is 1. The molecule has 4 N–H and O–H groups in total. The number of aryl methyl sites for hydroxylation is 1. The summed E-state index contributed by atoms with van der Waals surface area (Å²) in [5, 5.41) is 4.43. The fourth-order valence-corrected chi connectivity index (χ4v) is 4.68. The zero-order valence-corrected chi connectivity index (χ0v) is 20.2. The summed E-state index contributed by atoms with van der Waals surface area (Å²) >= 11 is 1.20. The Balaban J connectivity index is 0.00000103. The van der Waals surface area contributed by atoms with Crippen LogP contribution in [0, 0.1) is 6.92 Å². The molecule has 1 aromatic carbocycles. The van der Waals surface area contributed by atoms with E-state index in [-0.39, 0.29) is 40.5 Å². The number of anilines is 3. The van der Waals surface area contributed by atoms with E-state index in [1.54, 1.807) is 4.90 Å². The average molecular weight is 485 g/mol. The Hall–Kier alpha value is -3.73. The molecule has 2 amide bonds. The molecule has 2 aromatic heterocycles. The molecule has 1 aliphatic rings. The molecule has 1 fully saturated rings. The van der Waals surface area contributed by atoms with Gasteiger partial charge in [0.15, 0.2) is 10.8 Å². The molecule has 0 radical (unpaired) electrons. The van der Waals surface area contributed by atoms with Gasteiger partial charge < -0.3 is 25.8 Å². The molecule has 4 rings (SSSR count). The van der Waals surface area contributed by atoms with Crippen molar-refractivity contribution in [3.8, 4) is 0 Å². The molecule has 3 heterocycles. The Bertz CT molecular complexity index is 1150. The molecule has 0 bridgehead atoms. The summed E-state index contributed by atoms with van der Waals surface area (Å²) in [6, 6.07) is 9.58. The number of nitrogens with zero attached hydrogens (tertiary/aromatic N) is 4. The van der Waals surface area contributed by atoms with Crippen molar-refractivity contribution in [1.82, 2.24) is 15.0 Å². The summed E-state index contributed by atoms with van der Waals surface area (Å²) in [4.78, 5) is 42.6. The number of rotatable bonds is 6. The van der Waals surface area contributed by atoms with E-state index in [2.05, 4.69) is 15.9 Å². The summed E-state index contributed by atoms with van der Waals surface area (Å²) in [6.45, 7) is 7.52. The molecule has 180 valence electrons. The molecule has 0 spiro atoms. The first-order valence-corrected chi connectivity index (χ1v) is 11.7. The van der Waals surface area contributed by atoms with Crippen molar-refractivity contribution in [2.24, 2.45) is 5.73 Å². The molecule has 1 saturated heterocycles. The van der Waals surface area contributed by atoms with Crippen molar-refractivity contribution in [1.29, 1.82) is 0 Å². The maximum atomic E-state index is 13.0. The standard InChI is InChI=1S/C22H25N5O3S.CH3NO/c1-13(2)27(15-8-6-14(3)7-9-15)22-24-20(23)19(31-22)18(28)17-12-16(25-30-17)21(29)26-10-4-5-11-26;2-1-3/h6-9,12-13H,4-5,10-11,23H2,1-3H3;1H,(H2,2,3). The van der Waals surface area contributed by atoms with Gasteiger partial charge in [0.25, 0.3) is 5.91 Å². The molecule has 0 unspecified atom stereocenters. The number of hydrogen-bond donors (Lipinski definition) is 2. The number of carbonyl (C=O) groups is 3. The van der Waals surface area contributed by atoms with Crippen LogP contribution in [-0.2, 0) is 4.79 Å². The van der Waals surface area contributed by atoms with E-state index in [0.29, 0.717) is 18.2 Å². The molecular weight excluding hydrogens is 456 g/mol. The number of nitrogen functional groups attached to an aromatic ring is 1. The highest BCUT2D eigenvalue weighted by Crippen LogP contribution is 2.36. The Labute approximate surface area is 201 Å². The second kappa shape index (κ2) is 10.9. The molecular formula is C23H28N6O4S. The van der Waals surface area contributed by atoms with Gasteiger partial charge in [-0.25, -0.2) is 4.98 Å². The fourth-order valence-electron chi connectivity index (χ4n) is 3.60. The molecule has 0 saturated carbocycles. The third kappa shape index (κ3) is 5.42. The van der Waals surface area contributed by atoms with Crippen LogP contribution >= 0.6 is 11.3 Å². The zero-order chi connectivity index (χ0) is 24.8. The van der Waals surface area contributed by atoms with E-state index in [1.807, 2.05) is 49.9 Å². The van der Waals surface area contributed by atoms with Gasteiger partial charge in [0.2, 0.25) is 18.0 Å². The number of benzene rings is 1. The quantitative estimate of drug-likeness (QED) is 0.400. The van der Waals surface area contributed by atoms with Crippen LogP contribution in [0.3, 0.4) is 0 Å². The molecule has 34 heavy (non-hydrogen) atoms. The van der Waals surface area contributed by atoms with Crippen LogP contribution in [0.1, 0.15) is 58.2 Å². The minimum atomic E-state index is -0.429. The number of aromatic nitrogens is 2. The lowest BCUT2D eigenvalue weighted by Crippen LogP contribution is -2.27. The van der Waals surface area contributed by atoms with Crippen LogP contribution in [0.2, 0.25) is 0 Å². The van der Waals surface area contributed by atoms with Crippen molar-refractivity contribution in [3.63, 3.8) is 0 Å². The van der Waals surface area contributed by atoms with Crippen LogP contribution < -0.4 is 16.4 Å². The third-order valence-electron chi connectivity index (χ3n) is 5.23. The van der Waals surface area contributed by atoms with Gasteiger partial charge in [-0.15, -0.1) is 0 Å².